The molecule has 2 rings (SSSR count). The number of aromatic carboxylic acids is 1. The van der Waals surface area contributed by atoms with E-state index in [1.54, 1.807) is 26.0 Å². The Morgan fingerprint density at radius 2 is 1.74 bits per heavy atom. The van der Waals surface area contributed by atoms with Crippen LogP contribution < -0.4 is 0 Å². The summed E-state index contributed by atoms with van der Waals surface area (Å²) in [6.45, 7) is 10.5. The Labute approximate surface area is 137 Å². The summed E-state index contributed by atoms with van der Waals surface area (Å²) in [6, 6.07) is 7.71. The number of carboxylic acids is 1. The van der Waals surface area contributed by atoms with E-state index in [0.717, 1.165) is 25.2 Å². The van der Waals surface area contributed by atoms with E-state index < -0.39 is 11.6 Å². The van der Waals surface area contributed by atoms with Gasteiger partial charge in [-0.25, -0.2) is 9.18 Å². The number of carboxylic acid groups (broad SMARTS) is 1. The monoisotopic (exact) mass is 322 g/mol. The SMILES string of the molecule is C[C@@H]1CN(CC(C)(C)F)C[C@H](C)N1Cc1ccc(C(=O)O)cc1. The summed E-state index contributed by atoms with van der Waals surface area (Å²) in [5.41, 5.74) is 0.242. The minimum atomic E-state index is -1.17. The Hall–Kier alpha value is -1.46. The molecular weight excluding hydrogens is 295 g/mol. The van der Waals surface area contributed by atoms with Crippen LogP contribution in [0.4, 0.5) is 4.39 Å². The summed E-state index contributed by atoms with van der Waals surface area (Å²) in [6.07, 6.45) is 0. The molecule has 0 aliphatic carbocycles. The fourth-order valence-corrected chi connectivity index (χ4v) is 3.40. The highest BCUT2D eigenvalue weighted by molar-refractivity contribution is 5.87. The maximum atomic E-state index is 13.9. The molecule has 1 saturated heterocycles. The van der Waals surface area contributed by atoms with Crippen molar-refractivity contribution in [1.29, 1.82) is 0 Å². The molecule has 0 aromatic heterocycles. The average Bonchev–Trinajstić information content (AvgIpc) is 2.41. The smallest absolute Gasteiger partial charge is 0.335 e. The van der Waals surface area contributed by atoms with E-state index in [-0.39, 0.29) is 0 Å². The van der Waals surface area contributed by atoms with Gasteiger partial charge in [-0.1, -0.05) is 12.1 Å². The number of alkyl halides is 1. The Morgan fingerprint density at radius 3 is 2.17 bits per heavy atom. The van der Waals surface area contributed by atoms with Gasteiger partial charge in [0.1, 0.15) is 5.67 Å². The fourth-order valence-electron chi connectivity index (χ4n) is 3.40. The van der Waals surface area contributed by atoms with E-state index in [1.165, 1.54) is 0 Å². The third kappa shape index (κ3) is 5.01. The lowest BCUT2D eigenvalue weighted by Gasteiger charge is -2.45. The highest BCUT2D eigenvalue weighted by Crippen LogP contribution is 2.21. The summed E-state index contributed by atoms with van der Waals surface area (Å²) in [5, 5.41) is 8.96. The third-order valence-corrected chi connectivity index (χ3v) is 4.34. The number of carbonyl (C=O) groups is 1. The molecule has 128 valence electrons. The molecule has 0 unspecified atom stereocenters. The highest BCUT2D eigenvalue weighted by Gasteiger charge is 2.32. The van der Waals surface area contributed by atoms with Gasteiger partial charge in [0.15, 0.2) is 0 Å². The zero-order valence-corrected chi connectivity index (χ0v) is 14.4. The normalized spacial score (nSPS) is 23.9. The second-order valence-corrected chi connectivity index (χ2v) is 7.29. The average molecular weight is 322 g/mol. The number of piperazine rings is 1. The van der Waals surface area contributed by atoms with Crippen LogP contribution in [0.15, 0.2) is 24.3 Å². The van der Waals surface area contributed by atoms with Gasteiger partial charge in [-0.3, -0.25) is 9.80 Å². The van der Waals surface area contributed by atoms with Gasteiger partial charge in [-0.15, -0.1) is 0 Å². The summed E-state index contributed by atoms with van der Waals surface area (Å²) in [4.78, 5) is 15.5. The molecule has 0 saturated carbocycles. The summed E-state index contributed by atoms with van der Waals surface area (Å²) < 4.78 is 13.9. The van der Waals surface area contributed by atoms with Crippen LogP contribution >= 0.6 is 0 Å². The van der Waals surface area contributed by atoms with Gasteiger partial charge in [0, 0.05) is 38.3 Å². The van der Waals surface area contributed by atoms with Crippen LogP contribution in [0, 0.1) is 0 Å². The molecule has 1 aromatic carbocycles. The number of halogens is 1. The minimum absolute atomic E-state index is 0.310. The predicted octanol–water partition coefficient (Wildman–Crippen LogP) is 3.03. The second kappa shape index (κ2) is 6.97. The van der Waals surface area contributed by atoms with Gasteiger partial charge in [-0.2, -0.15) is 0 Å². The van der Waals surface area contributed by atoms with Gasteiger partial charge in [0.25, 0.3) is 0 Å². The zero-order valence-electron chi connectivity index (χ0n) is 14.4. The zero-order chi connectivity index (χ0) is 17.2. The fraction of sp³-hybridized carbons (Fsp3) is 0.611. The lowest BCUT2D eigenvalue weighted by atomic mass is 10.0. The molecule has 1 aromatic rings. The van der Waals surface area contributed by atoms with Crippen molar-refractivity contribution >= 4 is 5.97 Å². The molecule has 1 aliphatic heterocycles. The lowest BCUT2D eigenvalue weighted by molar-refractivity contribution is 0.00887. The molecule has 23 heavy (non-hydrogen) atoms. The van der Waals surface area contributed by atoms with E-state index in [9.17, 15) is 9.18 Å². The van der Waals surface area contributed by atoms with Crippen molar-refractivity contribution in [2.75, 3.05) is 19.6 Å². The van der Waals surface area contributed by atoms with Crippen molar-refractivity contribution in [1.82, 2.24) is 9.80 Å². The Bertz CT molecular complexity index is 527. The number of rotatable bonds is 5. The summed E-state index contributed by atoms with van der Waals surface area (Å²) in [7, 11) is 0. The molecular formula is C18H27FN2O2. The van der Waals surface area contributed by atoms with E-state index in [4.69, 9.17) is 5.11 Å². The number of hydrogen-bond donors (Lipinski definition) is 1. The Morgan fingerprint density at radius 1 is 1.22 bits per heavy atom. The van der Waals surface area contributed by atoms with Crippen molar-refractivity contribution in [3.8, 4) is 0 Å². The van der Waals surface area contributed by atoms with Crippen LogP contribution in [0.1, 0.15) is 43.6 Å². The first-order valence-corrected chi connectivity index (χ1v) is 8.15. The third-order valence-electron chi connectivity index (χ3n) is 4.34. The molecule has 1 fully saturated rings. The Balaban J connectivity index is 1.99. The van der Waals surface area contributed by atoms with E-state index in [0.29, 0.717) is 24.2 Å². The summed E-state index contributed by atoms with van der Waals surface area (Å²) >= 11 is 0. The van der Waals surface area contributed by atoms with Crippen LogP contribution in [0.3, 0.4) is 0 Å². The first-order chi connectivity index (χ1) is 10.7. The lowest BCUT2D eigenvalue weighted by Crippen LogP contribution is -2.57. The molecule has 4 nitrogen and oxygen atoms in total. The number of hydrogen-bond acceptors (Lipinski definition) is 3. The van der Waals surface area contributed by atoms with Gasteiger partial charge in [-0.05, 0) is 45.4 Å². The van der Waals surface area contributed by atoms with Crippen molar-refractivity contribution in [2.24, 2.45) is 0 Å². The van der Waals surface area contributed by atoms with Gasteiger partial charge in [0.05, 0.1) is 5.56 Å². The molecule has 1 aliphatic rings. The van der Waals surface area contributed by atoms with Crippen molar-refractivity contribution in [3.05, 3.63) is 35.4 Å². The van der Waals surface area contributed by atoms with E-state index >= 15 is 0 Å². The van der Waals surface area contributed by atoms with Crippen molar-refractivity contribution in [2.45, 2.75) is 52.0 Å². The first-order valence-electron chi connectivity index (χ1n) is 8.15. The quantitative estimate of drug-likeness (QED) is 0.905. The molecule has 0 radical (unpaired) electrons. The van der Waals surface area contributed by atoms with Gasteiger partial charge < -0.3 is 5.11 Å². The molecule has 1 heterocycles. The standard InChI is InChI=1S/C18H27FN2O2/c1-13-9-20(12-18(3,4)19)10-14(2)21(13)11-15-5-7-16(8-6-15)17(22)23/h5-8,13-14H,9-12H2,1-4H3,(H,22,23)/t13-,14+. The number of nitrogens with zero attached hydrogens (tertiary/aromatic N) is 2. The largest absolute Gasteiger partial charge is 0.478 e. The molecule has 2 atom stereocenters. The van der Waals surface area contributed by atoms with Crippen LogP contribution in [-0.2, 0) is 6.54 Å². The number of benzene rings is 1. The van der Waals surface area contributed by atoms with Gasteiger partial charge in [0.2, 0.25) is 0 Å². The summed E-state index contributed by atoms with van der Waals surface area (Å²) in [5.74, 6) is -0.902. The maximum absolute atomic E-state index is 13.9. The topological polar surface area (TPSA) is 43.8 Å². The van der Waals surface area contributed by atoms with E-state index in [2.05, 4.69) is 23.6 Å². The van der Waals surface area contributed by atoms with Crippen LogP contribution in [0.2, 0.25) is 0 Å². The minimum Gasteiger partial charge on any atom is -0.478 e. The van der Waals surface area contributed by atoms with Gasteiger partial charge >= 0.3 is 5.97 Å². The maximum Gasteiger partial charge on any atom is 0.335 e. The molecule has 0 spiro atoms. The highest BCUT2D eigenvalue weighted by atomic mass is 19.1. The molecule has 0 amide bonds. The van der Waals surface area contributed by atoms with Crippen LogP contribution in [0.5, 0.6) is 0 Å². The second-order valence-electron chi connectivity index (χ2n) is 7.29. The first kappa shape index (κ1) is 17.9. The molecule has 5 heteroatoms. The van der Waals surface area contributed by atoms with Crippen molar-refractivity contribution in [3.63, 3.8) is 0 Å². The predicted molar refractivity (Wildman–Crippen MR) is 89.5 cm³/mol. The Kier molecular flexibility index (Phi) is 5.42. The van der Waals surface area contributed by atoms with Crippen LogP contribution in [0.25, 0.3) is 0 Å². The van der Waals surface area contributed by atoms with Crippen LogP contribution in [-0.4, -0.2) is 58.3 Å². The van der Waals surface area contributed by atoms with Crippen molar-refractivity contribution < 1.29 is 14.3 Å². The molecule has 1 N–H and O–H groups in total. The van der Waals surface area contributed by atoms with E-state index in [1.807, 2.05) is 12.1 Å². The molecule has 0 bridgehead atoms.